The lowest BCUT2D eigenvalue weighted by atomic mass is 10.3. The molecule has 1 amide bonds. The van der Waals surface area contributed by atoms with Gasteiger partial charge in [0.05, 0.1) is 6.54 Å². The zero-order valence-corrected chi connectivity index (χ0v) is 7.14. The van der Waals surface area contributed by atoms with Crippen molar-refractivity contribution in [3.8, 4) is 0 Å². The molecule has 0 aromatic heterocycles. The van der Waals surface area contributed by atoms with Crippen molar-refractivity contribution in [1.82, 2.24) is 10.6 Å². The van der Waals surface area contributed by atoms with E-state index >= 15 is 0 Å². The Kier molecular flexibility index (Phi) is 2.71. The van der Waals surface area contributed by atoms with Gasteiger partial charge in [0.2, 0.25) is 5.91 Å². The third kappa shape index (κ3) is 2.09. The van der Waals surface area contributed by atoms with Gasteiger partial charge in [0.15, 0.2) is 0 Å². The van der Waals surface area contributed by atoms with Crippen LogP contribution in [0.2, 0.25) is 0 Å². The SMILES string of the molecule is O=C1CNC(CI)CN1. The summed E-state index contributed by atoms with van der Waals surface area (Å²) < 4.78 is 1.05. The largest absolute Gasteiger partial charge is 0.353 e. The summed E-state index contributed by atoms with van der Waals surface area (Å²) in [4.78, 5) is 10.5. The fourth-order valence-electron chi connectivity index (χ4n) is 0.718. The topological polar surface area (TPSA) is 41.1 Å². The first-order chi connectivity index (χ1) is 4.33. The maximum atomic E-state index is 10.5. The van der Waals surface area contributed by atoms with Crippen LogP contribution in [0.1, 0.15) is 0 Å². The number of carbonyl (C=O) groups is 1. The number of rotatable bonds is 1. The smallest absolute Gasteiger partial charge is 0.234 e. The van der Waals surface area contributed by atoms with Gasteiger partial charge >= 0.3 is 0 Å². The van der Waals surface area contributed by atoms with Gasteiger partial charge < -0.3 is 10.6 Å². The van der Waals surface area contributed by atoms with Crippen molar-refractivity contribution in [3.63, 3.8) is 0 Å². The first-order valence-corrected chi connectivity index (χ1v) is 4.41. The molecule has 1 saturated heterocycles. The summed E-state index contributed by atoms with van der Waals surface area (Å²) in [6.45, 7) is 1.26. The van der Waals surface area contributed by atoms with Crippen LogP contribution >= 0.6 is 22.6 Å². The van der Waals surface area contributed by atoms with Gasteiger partial charge in [-0.05, 0) is 0 Å². The number of halogens is 1. The monoisotopic (exact) mass is 240 g/mol. The molecule has 0 aromatic carbocycles. The van der Waals surface area contributed by atoms with Crippen molar-refractivity contribution in [2.45, 2.75) is 6.04 Å². The average molecular weight is 240 g/mol. The summed E-state index contributed by atoms with van der Waals surface area (Å²) in [5.41, 5.74) is 0. The quantitative estimate of drug-likeness (QED) is 0.479. The Morgan fingerprint density at radius 2 is 2.56 bits per heavy atom. The predicted molar refractivity (Wildman–Crippen MR) is 43.7 cm³/mol. The minimum atomic E-state index is 0.108. The van der Waals surface area contributed by atoms with Gasteiger partial charge in [0, 0.05) is 17.0 Å². The van der Waals surface area contributed by atoms with Crippen LogP contribution < -0.4 is 10.6 Å². The molecule has 1 heterocycles. The van der Waals surface area contributed by atoms with E-state index in [-0.39, 0.29) is 5.91 Å². The highest BCUT2D eigenvalue weighted by Crippen LogP contribution is 1.92. The van der Waals surface area contributed by atoms with Crippen LogP contribution in [-0.4, -0.2) is 29.5 Å². The molecule has 3 nitrogen and oxygen atoms in total. The highest BCUT2D eigenvalue weighted by atomic mass is 127. The standard InChI is InChI=1S/C5H9IN2O/c6-1-4-2-8-5(9)3-7-4/h4,7H,1-3H2,(H,8,9). The molecule has 1 aliphatic heterocycles. The Labute approximate surface area is 67.7 Å². The van der Waals surface area contributed by atoms with E-state index in [1.165, 1.54) is 0 Å². The van der Waals surface area contributed by atoms with Crippen molar-refractivity contribution in [1.29, 1.82) is 0 Å². The van der Waals surface area contributed by atoms with Crippen molar-refractivity contribution in [2.24, 2.45) is 0 Å². The molecule has 0 aromatic rings. The molecule has 52 valence electrons. The fourth-order valence-corrected chi connectivity index (χ4v) is 1.34. The second-order valence-corrected chi connectivity index (χ2v) is 2.92. The normalized spacial score (nSPS) is 27.7. The Balaban J connectivity index is 2.26. The lowest BCUT2D eigenvalue weighted by Gasteiger charge is -2.21. The summed E-state index contributed by atoms with van der Waals surface area (Å²) in [6, 6.07) is 0.475. The Hall–Kier alpha value is 0.160. The lowest BCUT2D eigenvalue weighted by Crippen LogP contribution is -2.52. The molecule has 0 spiro atoms. The number of nitrogens with one attached hydrogen (secondary N) is 2. The van der Waals surface area contributed by atoms with Crippen LogP contribution in [0.3, 0.4) is 0 Å². The number of amides is 1. The van der Waals surface area contributed by atoms with Crippen molar-refractivity contribution in [3.05, 3.63) is 0 Å². The van der Waals surface area contributed by atoms with Crippen LogP contribution in [0.5, 0.6) is 0 Å². The highest BCUT2D eigenvalue weighted by Gasteiger charge is 2.14. The lowest BCUT2D eigenvalue weighted by molar-refractivity contribution is -0.121. The zero-order chi connectivity index (χ0) is 6.69. The molecule has 0 radical (unpaired) electrons. The minimum Gasteiger partial charge on any atom is -0.353 e. The molecule has 1 atom stereocenters. The molecular formula is C5H9IN2O. The summed E-state index contributed by atoms with van der Waals surface area (Å²) in [7, 11) is 0. The van der Waals surface area contributed by atoms with Crippen LogP contribution in [0.25, 0.3) is 0 Å². The van der Waals surface area contributed by atoms with Crippen molar-refractivity contribution < 1.29 is 4.79 Å². The third-order valence-corrected chi connectivity index (χ3v) is 2.35. The maximum Gasteiger partial charge on any atom is 0.234 e. The molecule has 1 rings (SSSR count). The molecule has 4 heteroatoms. The fraction of sp³-hybridized carbons (Fsp3) is 0.800. The zero-order valence-electron chi connectivity index (χ0n) is 4.98. The van der Waals surface area contributed by atoms with E-state index in [2.05, 4.69) is 33.2 Å². The van der Waals surface area contributed by atoms with Gasteiger partial charge in [-0.15, -0.1) is 0 Å². The molecular weight excluding hydrogens is 231 g/mol. The van der Waals surface area contributed by atoms with E-state index < -0.39 is 0 Å². The Morgan fingerprint density at radius 3 is 3.00 bits per heavy atom. The third-order valence-electron chi connectivity index (χ3n) is 1.28. The molecule has 0 aliphatic carbocycles. The molecule has 2 N–H and O–H groups in total. The first kappa shape index (κ1) is 7.27. The number of alkyl halides is 1. The van der Waals surface area contributed by atoms with Gasteiger partial charge in [-0.3, -0.25) is 4.79 Å². The minimum absolute atomic E-state index is 0.108. The Bertz CT molecular complexity index is 108. The van der Waals surface area contributed by atoms with Gasteiger partial charge in [-0.2, -0.15) is 0 Å². The summed E-state index contributed by atoms with van der Waals surface area (Å²) in [5.74, 6) is 0.108. The highest BCUT2D eigenvalue weighted by molar-refractivity contribution is 14.1. The van der Waals surface area contributed by atoms with E-state index in [1.807, 2.05) is 0 Å². The molecule has 0 saturated carbocycles. The molecule has 0 bridgehead atoms. The molecule has 1 fully saturated rings. The molecule has 9 heavy (non-hydrogen) atoms. The van der Waals surface area contributed by atoms with E-state index in [9.17, 15) is 4.79 Å². The summed E-state index contributed by atoms with van der Waals surface area (Å²) >= 11 is 2.30. The van der Waals surface area contributed by atoms with E-state index in [0.29, 0.717) is 12.6 Å². The number of carbonyl (C=O) groups excluding carboxylic acids is 1. The number of hydrogen-bond acceptors (Lipinski definition) is 2. The Morgan fingerprint density at radius 1 is 1.78 bits per heavy atom. The number of hydrogen-bond donors (Lipinski definition) is 2. The van der Waals surface area contributed by atoms with Gasteiger partial charge in [0.25, 0.3) is 0 Å². The second kappa shape index (κ2) is 3.36. The number of piperazine rings is 1. The summed E-state index contributed by atoms with van der Waals surface area (Å²) in [5, 5.41) is 5.88. The van der Waals surface area contributed by atoms with Gasteiger partial charge in [-0.25, -0.2) is 0 Å². The van der Waals surface area contributed by atoms with Crippen LogP contribution in [0.4, 0.5) is 0 Å². The second-order valence-electron chi connectivity index (χ2n) is 2.04. The predicted octanol–water partition coefficient (Wildman–Crippen LogP) is -0.491. The summed E-state index contributed by atoms with van der Waals surface area (Å²) in [6.07, 6.45) is 0. The van der Waals surface area contributed by atoms with E-state index in [1.54, 1.807) is 0 Å². The van der Waals surface area contributed by atoms with E-state index in [0.717, 1.165) is 11.0 Å². The first-order valence-electron chi connectivity index (χ1n) is 2.89. The molecule has 1 unspecified atom stereocenters. The van der Waals surface area contributed by atoms with Crippen LogP contribution in [0, 0.1) is 0 Å². The molecule has 1 aliphatic rings. The van der Waals surface area contributed by atoms with Crippen molar-refractivity contribution >= 4 is 28.5 Å². The van der Waals surface area contributed by atoms with Crippen LogP contribution in [0.15, 0.2) is 0 Å². The maximum absolute atomic E-state index is 10.5. The van der Waals surface area contributed by atoms with Gasteiger partial charge in [0.1, 0.15) is 0 Å². The average Bonchev–Trinajstić information content (AvgIpc) is 1.90. The van der Waals surface area contributed by atoms with Crippen LogP contribution in [-0.2, 0) is 4.79 Å². The van der Waals surface area contributed by atoms with E-state index in [4.69, 9.17) is 0 Å². The van der Waals surface area contributed by atoms with Gasteiger partial charge in [-0.1, -0.05) is 22.6 Å². The van der Waals surface area contributed by atoms with Crippen molar-refractivity contribution in [2.75, 3.05) is 17.5 Å².